The van der Waals surface area contributed by atoms with Gasteiger partial charge in [-0.05, 0) is 77.3 Å². The van der Waals surface area contributed by atoms with Crippen LogP contribution in [0.2, 0.25) is 0 Å². The van der Waals surface area contributed by atoms with Gasteiger partial charge in [0.2, 0.25) is 5.75 Å². The summed E-state index contributed by atoms with van der Waals surface area (Å²) in [5, 5.41) is 22.8. The highest BCUT2D eigenvalue weighted by atomic mass is 79.9. The molecule has 1 aliphatic rings. The third-order valence-electron chi connectivity index (χ3n) is 7.06. The average molecular weight is 726 g/mol. The van der Waals surface area contributed by atoms with Crippen molar-refractivity contribution >= 4 is 50.7 Å². The molecule has 16 heteroatoms. The highest BCUT2D eigenvalue weighted by Gasteiger charge is 2.33. The lowest BCUT2D eigenvalue weighted by Gasteiger charge is -2.24. The first-order valence-electron chi connectivity index (χ1n) is 13.8. The van der Waals surface area contributed by atoms with E-state index in [1.165, 1.54) is 18.8 Å². The molecule has 14 nitrogen and oxygen atoms in total. The maximum atomic E-state index is 14.0. The van der Waals surface area contributed by atoms with Gasteiger partial charge in [-0.25, -0.2) is 9.79 Å². The summed E-state index contributed by atoms with van der Waals surface area (Å²) in [7, 11) is 2.91. The quantitative estimate of drug-likeness (QED) is 0.120. The third-order valence-corrected chi connectivity index (χ3v) is 8.63. The van der Waals surface area contributed by atoms with Crippen LogP contribution in [0.4, 0.5) is 11.4 Å². The Morgan fingerprint density at radius 1 is 1.04 bits per heavy atom. The summed E-state index contributed by atoms with van der Waals surface area (Å²) < 4.78 is 24.0. The fourth-order valence-electron chi connectivity index (χ4n) is 4.92. The fraction of sp³-hybridized carbons (Fsp3) is 0.194. The summed E-state index contributed by atoms with van der Waals surface area (Å²) >= 11 is 4.54. The second kappa shape index (κ2) is 13.6. The predicted octanol–water partition coefficient (Wildman–Crippen LogP) is 5.19. The lowest BCUT2D eigenvalue weighted by molar-refractivity contribution is -0.394. The molecule has 1 aromatic heterocycles. The largest absolute Gasteiger partial charge is 0.497 e. The van der Waals surface area contributed by atoms with Crippen LogP contribution >= 0.6 is 27.3 Å². The fourth-order valence-corrected chi connectivity index (χ4v) is 6.51. The average Bonchev–Trinajstić information content (AvgIpc) is 3.34. The van der Waals surface area contributed by atoms with E-state index in [0.717, 1.165) is 29.5 Å². The number of rotatable bonds is 10. The number of ether oxygens (including phenoxy) is 4. The molecule has 0 fully saturated rings. The number of hydrogen-bond donors (Lipinski definition) is 0. The van der Waals surface area contributed by atoms with E-state index in [2.05, 4.69) is 20.9 Å². The van der Waals surface area contributed by atoms with Gasteiger partial charge in [-0.1, -0.05) is 23.5 Å². The van der Waals surface area contributed by atoms with Crippen LogP contribution in [-0.4, -0.2) is 41.2 Å². The number of methoxy groups -OCH3 is 2. The van der Waals surface area contributed by atoms with Crippen LogP contribution in [0.25, 0.3) is 6.08 Å². The van der Waals surface area contributed by atoms with E-state index in [0.29, 0.717) is 36.4 Å². The lowest BCUT2D eigenvalue weighted by atomic mass is 9.96. The smallest absolute Gasteiger partial charge is 0.338 e. The molecular weight excluding hydrogens is 700 g/mol. The van der Waals surface area contributed by atoms with E-state index >= 15 is 0 Å². The number of hydrogen-bond acceptors (Lipinski definition) is 12. The summed E-state index contributed by atoms with van der Waals surface area (Å²) in [6.07, 6.45) is 1.61. The van der Waals surface area contributed by atoms with Crippen LogP contribution in [0.1, 0.15) is 31.0 Å². The van der Waals surface area contributed by atoms with E-state index in [-0.39, 0.29) is 29.4 Å². The van der Waals surface area contributed by atoms with Gasteiger partial charge in [-0.3, -0.25) is 29.6 Å². The predicted molar refractivity (Wildman–Crippen MR) is 174 cm³/mol. The van der Waals surface area contributed by atoms with E-state index in [4.69, 9.17) is 18.9 Å². The van der Waals surface area contributed by atoms with E-state index in [1.807, 2.05) is 0 Å². The van der Waals surface area contributed by atoms with Gasteiger partial charge in [-0.15, -0.1) is 0 Å². The van der Waals surface area contributed by atoms with Gasteiger partial charge >= 0.3 is 11.7 Å². The van der Waals surface area contributed by atoms with Crippen molar-refractivity contribution in [2.45, 2.75) is 19.9 Å². The van der Waals surface area contributed by atoms with Crippen LogP contribution in [0.5, 0.6) is 23.0 Å². The number of non-ortho nitro benzene ring substituents is 1. The first-order valence-corrected chi connectivity index (χ1v) is 15.4. The minimum Gasteiger partial charge on any atom is -0.497 e. The van der Waals surface area contributed by atoms with Crippen molar-refractivity contribution in [2.24, 2.45) is 4.99 Å². The highest BCUT2D eigenvalue weighted by molar-refractivity contribution is 9.10. The van der Waals surface area contributed by atoms with Gasteiger partial charge in [0, 0.05) is 6.07 Å². The Hall–Kier alpha value is -5.35. The number of nitro benzene ring substituents is 2. The van der Waals surface area contributed by atoms with Crippen LogP contribution in [0, 0.1) is 20.2 Å². The zero-order chi connectivity index (χ0) is 34.0. The zero-order valence-electron chi connectivity index (χ0n) is 25.2. The molecule has 47 heavy (non-hydrogen) atoms. The number of carbonyl (C=O) groups is 1. The molecule has 0 amide bonds. The molecule has 0 saturated carbocycles. The van der Waals surface area contributed by atoms with Crippen molar-refractivity contribution in [2.75, 3.05) is 20.8 Å². The molecule has 1 atom stereocenters. The number of thiazole rings is 1. The number of esters is 1. The Labute approximate surface area is 278 Å². The van der Waals surface area contributed by atoms with Crippen LogP contribution in [0.3, 0.4) is 0 Å². The Morgan fingerprint density at radius 2 is 1.77 bits per heavy atom. The topological polar surface area (TPSA) is 175 Å². The Morgan fingerprint density at radius 3 is 2.38 bits per heavy atom. The molecular formula is C31H25BrN4O10S. The number of fused-ring (bicyclic) bond motifs is 1. The molecule has 3 aromatic carbocycles. The van der Waals surface area contributed by atoms with Gasteiger partial charge in [0.25, 0.3) is 11.2 Å². The third kappa shape index (κ3) is 6.50. The van der Waals surface area contributed by atoms with E-state index in [1.54, 1.807) is 56.3 Å². The number of allylic oxidation sites excluding steroid dienone is 1. The number of halogens is 1. The molecule has 5 rings (SSSR count). The van der Waals surface area contributed by atoms with Crippen molar-refractivity contribution in [3.05, 3.63) is 121 Å². The number of nitrogens with zero attached hydrogens (tertiary/aromatic N) is 4. The monoisotopic (exact) mass is 724 g/mol. The van der Waals surface area contributed by atoms with Crippen LogP contribution in [-0.2, 0) is 9.53 Å². The Balaban J connectivity index is 1.60. The summed E-state index contributed by atoms with van der Waals surface area (Å²) in [6.45, 7) is 3.53. The van der Waals surface area contributed by atoms with Crippen molar-refractivity contribution in [1.29, 1.82) is 0 Å². The molecule has 0 N–H and O–H groups in total. The van der Waals surface area contributed by atoms with Gasteiger partial charge in [0.15, 0.2) is 16.3 Å². The van der Waals surface area contributed by atoms with Crippen molar-refractivity contribution in [3.63, 3.8) is 0 Å². The molecule has 0 aliphatic carbocycles. The molecule has 0 spiro atoms. The normalized spacial score (nSPS) is 14.2. The first kappa shape index (κ1) is 33.0. The van der Waals surface area contributed by atoms with E-state index in [9.17, 15) is 29.8 Å². The van der Waals surface area contributed by atoms with E-state index < -0.39 is 38.8 Å². The minimum atomic E-state index is -0.812. The summed E-state index contributed by atoms with van der Waals surface area (Å²) in [6, 6.07) is 12.4. The van der Waals surface area contributed by atoms with Crippen molar-refractivity contribution in [3.8, 4) is 23.0 Å². The Bertz CT molecular complexity index is 2140. The van der Waals surface area contributed by atoms with Crippen LogP contribution in [0.15, 0.2) is 80.1 Å². The summed E-state index contributed by atoms with van der Waals surface area (Å²) in [5.41, 5.74) is 0.341. The second-order valence-corrected chi connectivity index (χ2v) is 11.7. The summed E-state index contributed by atoms with van der Waals surface area (Å²) in [5.74, 6) is 0.00267. The molecule has 242 valence electrons. The lowest BCUT2D eigenvalue weighted by Crippen LogP contribution is -2.39. The highest BCUT2D eigenvalue weighted by Crippen LogP contribution is 2.43. The molecule has 0 radical (unpaired) electrons. The minimum absolute atomic E-state index is 0.0669. The molecule has 2 heterocycles. The van der Waals surface area contributed by atoms with Gasteiger partial charge in [0.05, 0.1) is 63.1 Å². The van der Waals surface area contributed by atoms with Gasteiger partial charge in [0.1, 0.15) is 5.75 Å². The molecule has 1 aliphatic heterocycles. The maximum absolute atomic E-state index is 14.0. The van der Waals surface area contributed by atoms with Gasteiger partial charge in [-0.2, -0.15) is 0 Å². The number of benzene rings is 3. The maximum Gasteiger partial charge on any atom is 0.338 e. The standard InChI is InChI=1S/C31H25BrN4O10S/c1-5-45-30(38)26-16(2)33-31-34(27(26)18-6-9-20(43-3)10-7-18)29(37)25(47-31)14-17-12-21(32)28(24(13-17)44-4)46-23-11-8-19(35(39)40)15-22(23)36(41)42/h6-15,27H,5H2,1-4H3/b25-14-/t27-/m0/s1. The number of nitro groups is 2. The summed E-state index contributed by atoms with van der Waals surface area (Å²) in [4.78, 5) is 53.3. The second-order valence-electron chi connectivity index (χ2n) is 9.88. The van der Waals surface area contributed by atoms with Crippen molar-refractivity contribution in [1.82, 2.24) is 4.57 Å². The number of aromatic nitrogens is 1. The van der Waals surface area contributed by atoms with Gasteiger partial charge < -0.3 is 18.9 Å². The molecule has 0 saturated heterocycles. The molecule has 4 aromatic rings. The van der Waals surface area contributed by atoms with Crippen LogP contribution < -0.4 is 29.1 Å². The SMILES string of the molecule is CCOC(=O)C1=C(C)N=c2s/c(=C\c3cc(Br)c(Oc4ccc([N+](=O)[O-])cc4[N+](=O)[O-])c(OC)c3)c(=O)n2[C@H]1c1ccc(OC)cc1. The first-order chi connectivity index (χ1) is 22.5. The number of carbonyl (C=O) groups excluding carboxylic acids is 1. The Kier molecular flexibility index (Phi) is 9.53. The zero-order valence-corrected chi connectivity index (χ0v) is 27.6. The molecule has 0 bridgehead atoms. The molecule has 0 unspecified atom stereocenters. The van der Waals surface area contributed by atoms with Crippen molar-refractivity contribution < 1.29 is 33.6 Å².